The van der Waals surface area contributed by atoms with E-state index < -0.39 is 33.7 Å². The van der Waals surface area contributed by atoms with Gasteiger partial charge < -0.3 is 9.47 Å². The van der Waals surface area contributed by atoms with Crippen molar-refractivity contribution in [2.24, 2.45) is 0 Å². The molecule has 9 rings (SSSR count). The van der Waals surface area contributed by atoms with E-state index in [1.807, 2.05) is 24.3 Å². The maximum absolute atomic E-state index is 14.2. The summed E-state index contributed by atoms with van der Waals surface area (Å²) in [7, 11) is 5.26. The minimum absolute atomic E-state index is 0.288. The van der Waals surface area contributed by atoms with Crippen LogP contribution >= 0.6 is 25.3 Å². The molecule has 6 aromatic carbocycles. The van der Waals surface area contributed by atoms with Crippen molar-refractivity contribution >= 4 is 69.0 Å². The Bertz CT molecular complexity index is 2040. The van der Waals surface area contributed by atoms with Gasteiger partial charge in [0.05, 0.1) is 14.2 Å². The van der Waals surface area contributed by atoms with Crippen LogP contribution in [-0.4, -0.2) is 26.2 Å². The number of hydrogen-bond acceptors (Lipinski definition) is 4. The molecule has 0 radical (unpaired) electrons. The summed E-state index contributed by atoms with van der Waals surface area (Å²) >= 11 is 1.61. The SMILES string of the molecule is COC(=O)C1=C(C(=O)OC)C2c3cccc(P(c4ccccc4)c4ccccc4)c3[C-]1c1c2cccc1P(c1ccccc1)c1ccccc1.[Cl][Pt+]. The van der Waals surface area contributed by atoms with Gasteiger partial charge in [-0.15, -0.1) is 0 Å². The first-order chi connectivity index (χ1) is 25.6. The number of esters is 2. The monoisotopic (exact) mass is 917 g/mol. The fraction of sp³-hybridized carbons (Fsp3) is 0.0682. The molecule has 260 valence electrons. The van der Waals surface area contributed by atoms with Gasteiger partial charge in [-0.3, -0.25) is 9.59 Å². The molecule has 0 spiro atoms. The van der Waals surface area contributed by atoms with Gasteiger partial charge in [-0.05, 0) is 43.0 Å². The number of methoxy groups -OCH3 is 2. The first kappa shape index (κ1) is 36.1. The molecule has 3 aliphatic rings. The number of benzene rings is 6. The van der Waals surface area contributed by atoms with Gasteiger partial charge in [0.1, 0.15) is 0 Å². The van der Waals surface area contributed by atoms with Gasteiger partial charge in [-0.25, -0.2) is 0 Å². The zero-order valence-electron chi connectivity index (χ0n) is 28.3. The normalized spacial score (nSPS) is 12.9. The number of carbonyl (C=O) groups is 2. The van der Waals surface area contributed by atoms with Crippen LogP contribution < -0.4 is 31.8 Å². The van der Waals surface area contributed by atoms with Crippen molar-refractivity contribution in [1.82, 2.24) is 0 Å². The van der Waals surface area contributed by atoms with Crippen LogP contribution in [0.15, 0.2) is 169 Å². The van der Waals surface area contributed by atoms with E-state index in [0.29, 0.717) is 5.57 Å². The Labute approximate surface area is 322 Å². The summed E-state index contributed by atoms with van der Waals surface area (Å²) < 4.78 is 10.9. The predicted octanol–water partition coefficient (Wildman–Crippen LogP) is 6.96. The van der Waals surface area contributed by atoms with E-state index in [0.717, 1.165) is 38.8 Å². The Morgan fingerprint density at radius 1 is 0.519 bits per heavy atom. The van der Waals surface area contributed by atoms with Crippen molar-refractivity contribution < 1.29 is 37.8 Å². The summed E-state index contributed by atoms with van der Waals surface area (Å²) in [4.78, 5) is 28.0. The second-order valence-corrected chi connectivity index (χ2v) is 16.4. The van der Waals surface area contributed by atoms with Crippen LogP contribution in [0.25, 0.3) is 0 Å². The molecule has 2 bridgehead atoms. The minimum atomic E-state index is -1.06. The molecule has 0 saturated heterocycles. The molecule has 52 heavy (non-hydrogen) atoms. The third-order valence-corrected chi connectivity index (χ3v) is 14.4. The Hall–Kier alpha value is -4.29. The Morgan fingerprint density at radius 3 is 1.19 bits per heavy atom. The second-order valence-electron chi connectivity index (χ2n) is 12.1. The number of ether oxygens (including phenoxy) is 2. The van der Waals surface area contributed by atoms with Gasteiger partial charge in [0.25, 0.3) is 5.97 Å². The molecule has 6 aromatic rings. The van der Waals surface area contributed by atoms with Crippen LogP contribution in [0.3, 0.4) is 0 Å². The maximum atomic E-state index is 14.2. The summed E-state index contributed by atoms with van der Waals surface area (Å²) in [6.07, 6.45) is 0. The summed E-state index contributed by atoms with van der Waals surface area (Å²) in [5.41, 5.74) is 4.62. The fourth-order valence-electron chi connectivity index (χ4n) is 7.45. The molecular formula is C44H33ClO4P2Pt. The number of hydrogen-bond donors (Lipinski definition) is 0. The van der Waals surface area contributed by atoms with Gasteiger partial charge in [-0.1, -0.05) is 197 Å². The summed E-state index contributed by atoms with van der Waals surface area (Å²) in [5, 5.41) is 7.06. The number of halogens is 1. The molecule has 4 nitrogen and oxygen atoms in total. The van der Waals surface area contributed by atoms with Crippen LogP contribution in [0.4, 0.5) is 0 Å². The molecule has 0 heterocycles. The summed E-state index contributed by atoms with van der Waals surface area (Å²) in [6.45, 7) is 0. The van der Waals surface area contributed by atoms with Crippen LogP contribution in [0, 0.1) is 5.92 Å². The topological polar surface area (TPSA) is 52.6 Å². The first-order valence-corrected chi connectivity index (χ1v) is 22.1. The predicted molar refractivity (Wildman–Crippen MR) is 210 cm³/mol. The van der Waals surface area contributed by atoms with Gasteiger partial charge >= 0.3 is 34.2 Å². The molecule has 0 atom stereocenters. The molecular weight excluding hydrogens is 885 g/mol. The quantitative estimate of drug-likeness (QED) is 0.0943. The van der Waals surface area contributed by atoms with E-state index in [1.54, 1.807) is 18.8 Å². The molecule has 0 unspecified atom stereocenters. The Kier molecular flexibility index (Phi) is 11.2. The van der Waals surface area contributed by atoms with E-state index in [4.69, 9.17) is 9.47 Å². The fourth-order valence-corrected chi connectivity index (χ4v) is 12.4. The van der Waals surface area contributed by atoms with Crippen molar-refractivity contribution in [2.45, 2.75) is 5.92 Å². The molecule has 0 amide bonds. The van der Waals surface area contributed by atoms with Crippen molar-refractivity contribution in [3.8, 4) is 0 Å². The Morgan fingerprint density at radius 2 is 0.865 bits per heavy atom. The van der Waals surface area contributed by atoms with Crippen LogP contribution in [-0.2, 0) is 37.8 Å². The van der Waals surface area contributed by atoms with Crippen molar-refractivity contribution in [2.75, 3.05) is 14.2 Å². The van der Waals surface area contributed by atoms with Crippen molar-refractivity contribution in [1.29, 1.82) is 0 Å². The average molecular weight is 918 g/mol. The van der Waals surface area contributed by atoms with E-state index in [9.17, 15) is 9.59 Å². The number of carbonyl (C=O) groups excluding carboxylic acids is 2. The zero-order valence-corrected chi connectivity index (χ0v) is 33.1. The van der Waals surface area contributed by atoms with Gasteiger partial charge in [0, 0.05) is 11.1 Å². The third kappa shape index (κ3) is 6.38. The van der Waals surface area contributed by atoms with Crippen LogP contribution in [0.5, 0.6) is 0 Å². The third-order valence-electron chi connectivity index (χ3n) is 9.41. The molecule has 0 aliphatic heterocycles. The van der Waals surface area contributed by atoms with E-state index in [-0.39, 0.29) is 5.57 Å². The molecule has 0 saturated carbocycles. The van der Waals surface area contributed by atoms with Gasteiger partial charge in [0.2, 0.25) is 0 Å². The standard InChI is InChI=1S/C44H33O4P2.ClH.Pt/c1-47-43(45)41-37-33-25-15-27-35(49(29-17-7-3-8-18-29)30-19-9-4-10-20-30)38(33)40(42(41)44(46)48-2)39-34(37)26-16-28-36(39)50(31-21-11-5-12-22-31)32-23-13-6-14-24-32;;/h3-28,37H,1-2H3;1H;/q-1;;+2/p-1. The Balaban J connectivity index is 0.00000207. The molecule has 0 aromatic heterocycles. The van der Waals surface area contributed by atoms with E-state index in [1.165, 1.54) is 35.4 Å². The molecule has 0 fully saturated rings. The average Bonchev–Trinajstić information content (AvgIpc) is 3.22. The number of rotatable bonds is 8. The summed E-state index contributed by atoms with van der Waals surface area (Å²) in [6, 6.07) is 55.1. The van der Waals surface area contributed by atoms with E-state index in [2.05, 4.69) is 143 Å². The zero-order chi connectivity index (χ0) is 36.2. The molecule has 8 heteroatoms. The van der Waals surface area contributed by atoms with Crippen molar-refractivity contribution in [3.05, 3.63) is 197 Å². The van der Waals surface area contributed by atoms with Crippen LogP contribution in [0.1, 0.15) is 28.2 Å². The molecule has 0 N–H and O–H groups in total. The van der Waals surface area contributed by atoms with Gasteiger partial charge in [0.15, 0.2) is 0 Å². The second kappa shape index (κ2) is 16.2. The first-order valence-electron chi connectivity index (χ1n) is 16.6. The van der Waals surface area contributed by atoms with E-state index >= 15 is 0 Å². The summed E-state index contributed by atoms with van der Waals surface area (Å²) in [5.74, 6) is -0.846. The van der Waals surface area contributed by atoms with Crippen molar-refractivity contribution in [3.63, 3.8) is 0 Å². The van der Waals surface area contributed by atoms with Gasteiger partial charge in [-0.2, -0.15) is 0 Å². The molecule has 3 aliphatic carbocycles. The van der Waals surface area contributed by atoms with Crippen LogP contribution in [0.2, 0.25) is 0 Å².